The third-order valence-electron chi connectivity index (χ3n) is 5.07. The Kier molecular flexibility index (Phi) is 5.65. The van der Waals surface area contributed by atoms with Gasteiger partial charge in [0, 0.05) is 12.6 Å². The fraction of sp³-hybridized carbons (Fsp3) is 0.588. The summed E-state index contributed by atoms with van der Waals surface area (Å²) in [5.74, 6) is 1.41. The number of amides is 1. The van der Waals surface area contributed by atoms with Crippen LogP contribution < -0.4 is 11.1 Å². The van der Waals surface area contributed by atoms with E-state index in [1.165, 1.54) is 24.8 Å². The molecule has 0 aromatic heterocycles. The molecule has 3 nitrogen and oxygen atoms in total. The summed E-state index contributed by atoms with van der Waals surface area (Å²) in [4.78, 5) is 12.3. The largest absolute Gasteiger partial charge is 0.356 e. The van der Waals surface area contributed by atoms with Crippen molar-refractivity contribution in [3.63, 3.8) is 0 Å². The highest BCUT2D eigenvalue weighted by atomic mass is 35.5. The van der Waals surface area contributed by atoms with Crippen LogP contribution in [-0.4, -0.2) is 18.5 Å². The van der Waals surface area contributed by atoms with Gasteiger partial charge in [-0.25, -0.2) is 0 Å². The topological polar surface area (TPSA) is 55.1 Å². The van der Waals surface area contributed by atoms with Crippen LogP contribution in [0.25, 0.3) is 0 Å². The lowest BCUT2D eigenvalue weighted by Crippen LogP contribution is -2.45. The predicted molar refractivity (Wildman–Crippen MR) is 87.3 cm³/mol. The Morgan fingerprint density at radius 3 is 2.57 bits per heavy atom. The van der Waals surface area contributed by atoms with Gasteiger partial charge in [0.2, 0.25) is 5.91 Å². The quantitative estimate of drug-likeness (QED) is 0.821. The Labute approximate surface area is 133 Å². The van der Waals surface area contributed by atoms with Crippen LogP contribution in [0.2, 0.25) is 0 Å². The second-order valence-corrected chi connectivity index (χ2v) is 6.32. The molecule has 0 heterocycles. The number of aryl methyl sites for hydroxylation is 1. The molecule has 4 atom stereocenters. The molecule has 21 heavy (non-hydrogen) atoms. The van der Waals surface area contributed by atoms with Gasteiger partial charge in [-0.3, -0.25) is 4.79 Å². The fourth-order valence-corrected chi connectivity index (χ4v) is 3.99. The third kappa shape index (κ3) is 3.58. The molecule has 0 spiro atoms. The summed E-state index contributed by atoms with van der Waals surface area (Å²) in [6, 6.07) is 10.5. The molecule has 2 saturated carbocycles. The van der Waals surface area contributed by atoms with E-state index < -0.39 is 0 Å². The van der Waals surface area contributed by atoms with Crippen molar-refractivity contribution in [1.29, 1.82) is 0 Å². The van der Waals surface area contributed by atoms with Gasteiger partial charge >= 0.3 is 0 Å². The fourth-order valence-electron chi connectivity index (χ4n) is 3.99. The number of hydrogen-bond acceptors (Lipinski definition) is 2. The van der Waals surface area contributed by atoms with E-state index in [0.29, 0.717) is 11.8 Å². The lowest BCUT2D eigenvalue weighted by Gasteiger charge is -2.27. The van der Waals surface area contributed by atoms with Crippen molar-refractivity contribution < 1.29 is 4.79 Å². The van der Waals surface area contributed by atoms with Crippen LogP contribution in [0, 0.1) is 17.8 Å². The minimum absolute atomic E-state index is 0. The van der Waals surface area contributed by atoms with Crippen LogP contribution in [0.15, 0.2) is 30.3 Å². The second-order valence-electron chi connectivity index (χ2n) is 6.32. The molecule has 4 unspecified atom stereocenters. The van der Waals surface area contributed by atoms with Gasteiger partial charge in [-0.2, -0.15) is 0 Å². The molecule has 3 N–H and O–H groups in total. The van der Waals surface area contributed by atoms with Crippen LogP contribution in [0.3, 0.4) is 0 Å². The average molecular weight is 309 g/mol. The normalized spacial score (nSPS) is 30.0. The van der Waals surface area contributed by atoms with Crippen molar-refractivity contribution in [3.8, 4) is 0 Å². The van der Waals surface area contributed by atoms with E-state index in [1.54, 1.807) is 0 Å². The minimum Gasteiger partial charge on any atom is -0.356 e. The zero-order chi connectivity index (χ0) is 13.9. The first-order chi connectivity index (χ1) is 9.75. The first-order valence-corrected chi connectivity index (χ1v) is 7.83. The predicted octanol–water partition coefficient (Wildman–Crippen LogP) is 2.53. The third-order valence-corrected chi connectivity index (χ3v) is 5.07. The van der Waals surface area contributed by atoms with Gasteiger partial charge in [0.05, 0.1) is 5.92 Å². The average Bonchev–Trinajstić information content (AvgIpc) is 3.05. The van der Waals surface area contributed by atoms with Gasteiger partial charge in [0.1, 0.15) is 0 Å². The number of fused-ring (bicyclic) bond motifs is 2. The molecule has 2 fully saturated rings. The minimum atomic E-state index is 0. The van der Waals surface area contributed by atoms with E-state index in [9.17, 15) is 4.79 Å². The molecule has 116 valence electrons. The molecule has 0 saturated heterocycles. The van der Waals surface area contributed by atoms with Crippen LogP contribution in [-0.2, 0) is 11.2 Å². The van der Waals surface area contributed by atoms with E-state index in [4.69, 9.17) is 5.73 Å². The van der Waals surface area contributed by atoms with E-state index in [-0.39, 0.29) is 30.3 Å². The van der Waals surface area contributed by atoms with Crippen molar-refractivity contribution >= 4 is 18.3 Å². The molecule has 1 aromatic carbocycles. The molecular weight excluding hydrogens is 284 g/mol. The Balaban J connectivity index is 0.00000161. The molecular formula is C17H25ClN2O. The summed E-state index contributed by atoms with van der Waals surface area (Å²) in [7, 11) is 0. The number of nitrogens with one attached hydrogen (secondary N) is 1. The van der Waals surface area contributed by atoms with Gasteiger partial charge in [0.15, 0.2) is 0 Å². The smallest absolute Gasteiger partial charge is 0.224 e. The van der Waals surface area contributed by atoms with Crippen molar-refractivity contribution in [2.45, 2.75) is 38.1 Å². The Bertz CT molecular complexity index is 463. The van der Waals surface area contributed by atoms with E-state index in [0.717, 1.165) is 19.4 Å². The van der Waals surface area contributed by atoms with E-state index in [2.05, 4.69) is 29.6 Å². The lowest BCUT2D eigenvalue weighted by atomic mass is 9.84. The number of benzene rings is 1. The van der Waals surface area contributed by atoms with Crippen molar-refractivity contribution in [2.75, 3.05) is 6.54 Å². The maximum atomic E-state index is 12.3. The molecule has 1 amide bonds. The maximum absolute atomic E-state index is 12.3. The summed E-state index contributed by atoms with van der Waals surface area (Å²) < 4.78 is 0. The van der Waals surface area contributed by atoms with Crippen LogP contribution >= 0.6 is 12.4 Å². The maximum Gasteiger partial charge on any atom is 0.224 e. The highest BCUT2D eigenvalue weighted by Crippen LogP contribution is 2.47. The zero-order valence-corrected chi connectivity index (χ0v) is 13.1. The summed E-state index contributed by atoms with van der Waals surface area (Å²) in [6.07, 6.45) is 5.60. The molecule has 2 aliphatic carbocycles. The molecule has 2 aliphatic rings. The van der Waals surface area contributed by atoms with Gasteiger partial charge in [0.25, 0.3) is 0 Å². The van der Waals surface area contributed by atoms with Gasteiger partial charge in [-0.15, -0.1) is 12.4 Å². The lowest BCUT2D eigenvalue weighted by molar-refractivity contribution is -0.127. The van der Waals surface area contributed by atoms with Gasteiger partial charge in [-0.05, 0) is 49.5 Å². The van der Waals surface area contributed by atoms with Crippen molar-refractivity contribution in [2.24, 2.45) is 23.5 Å². The highest BCUT2D eigenvalue weighted by molar-refractivity contribution is 5.85. The number of carbonyl (C=O) groups is 1. The second kappa shape index (κ2) is 7.28. The van der Waals surface area contributed by atoms with Gasteiger partial charge < -0.3 is 11.1 Å². The van der Waals surface area contributed by atoms with Gasteiger partial charge in [-0.1, -0.05) is 30.3 Å². The Morgan fingerprint density at radius 1 is 1.19 bits per heavy atom. The molecule has 4 heteroatoms. The summed E-state index contributed by atoms with van der Waals surface area (Å²) in [5, 5.41) is 3.09. The first-order valence-electron chi connectivity index (χ1n) is 7.83. The monoisotopic (exact) mass is 308 g/mol. The summed E-state index contributed by atoms with van der Waals surface area (Å²) >= 11 is 0. The molecule has 2 bridgehead atoms. The number of rotatable bonds is 5. The van der Waals surface area contributed by atoms with Crippen LogP contribution in [0.1, 0.15) is 31.2 Å². The van der Waals surface area contributed by atoms with Crippen LogP contribution in [0.4, 0.5) is 0 Å². The van der Waals surface area contributed by atoms with E-state index in [1.807, 2.05) is 6.07 Å². The number of nitrogens with two attached hydrogens (primary N) is 1. The Morgan fingerprint density at radius 2 is 1.90 bits per heavy atom. The first kappa shape index (κ1) is 16.3. The molecule has 1 aromatic rings. The summed E-state index contributed by atoms with van der Waals surface area (Å²) in [6.45, 7) is 0.758. The molecule has 0 aliphatic heterocycles. The van der Waals surface area contributed by atoms with E-state index >= 15 is 0 Å². The standard InChI is InChI=1S/C17H24N2O.ClH/c18-16-14-9-8-13(11-14)15(16)17(20)19-10-4-7-12-5-2-1-3-6-12;/h1-3,5-6,13-16H,4,7-11,18H2,(H,19,20);1H. The number of halogens is 1. The zero-order valence-electron chi connectivity index (χ0n) is 12.3. The Hall–Kier alpha value is -1.06. The van der Waals surface area contributed by atoms with Crippen LogP contribution in [0.5, 0.6) is 0 Å². The highest BCUT2D eigenvalue weighted by Gasteiger charge is 2.48. The SMILES string of the molecule is Cl.NC1C2CCC(C2)C1C(=O)NCCCc1ccccc1. The van der Waals surface area contributed by atoms with Crippen molar-refractivity contribution in [3.05, 3.63) is 35.9 Å². The number of carbonyl (C=O) groups excluding carboxylic acids is 1. The molecule has 3 rings (SSSR count). The summed E-state index contributed by atoms with van der Waals surface area (Å²) in [5.41, 5.74) is 7.53. The molecule has 0 radical (unpaired) electrons. The number of hydrogen-bond donors (Lipinski definition) is 2. The van der Waals surface area contributed by atoms with Crippen molar-refractivity contribution in [1.82, 2.24) is 5.32 Å².